The predicted octanol–water partition coefficient (Wildman–Crippen LogP) is 5.47. The Balaban J connectivity index is 0.00000272. The quantitative estimate of drug-likeness (QED) is 0.369. The highest BCUT2D eigenvalue weighted by atomic mass is 35.5. The summed E-state index contributed by atoms with van der Waals surface area (Å²) in [4.78, 5) is 0. The van der Waals surface area contributed by atoms with Crippen LogP contribution in [0.3, 0.4) is 0 Å². The SMILES string of the molecule is CNC[C@@H](O)[C@H](c1ccccc1)n1ccc2cc(OCc3ccc(Cl)cc3)ccc21.Cl. The molecule has 4 nitrogen and oxygen atoms in total. The Hall–Kier alpha value is -2.50. The van der Waals surface area contributed by atoms with Crippen LogP contribution in [0, 0.1) is 0 Å². The Kier molecular flexibility index (Phi) is 7.99. The molecule has 0 aliphatic rings. The Bertz CT molecular complexity index is 1100. The number of likely N-dealkylation sites (N-methyl/N-ethyl adjacent to an activating group) is 1. The van der Waals surface area contributed by atoms with Gasteiger partial charge in [0.1, 0.15) is 12.4 Å². The number of benzene rings is 3. The molecule has 0 bridgehead atoms. The molecule has 0 radical (unpaired) electrons. The summed E-state index contributed by atoms with van der Waals surface area (Å²) in [5.74, 6) is 0.808. The number of aromatic nitrogens is 1. The molecular formula is C25H26Cl2N2O2. The smallest absolute Gasteiger partial charge is 0.120 e. The first-order valence-electron chi connectivity index (χ1n) is 10.0. The number of nitrogens with zero attached hydrogens (tertiary/aromatic N) is 1. The van der Waals surface area contributed by atoms with Crippen molar-refractivity contribution in [1.29, 1.82) is 0 Å². The number of rotatable bonds is 8. The van der Waals surface area contributed by atoms with E-state index in [9.17, 15) is 5.11 Å². The second kappa shape index (κ2) is 10.7. The van der Waals surface area contributed by atoms with E-state index in [1.165, 1.54) is 0 Å². The maximum absolute atomic E-state index is 10.9. The lowest BCUT2D eigenvalue weighted by Gasteiger charge is -2.26. The third-order valence-electron chi connectivity index (χ3n) is 5.23. The summed E-state index contributed by atoms with van der Waals surface area (Å²) < 4.78 is 8.10. The summed E-state index contributed by atoms with van der Waals surface area (Å²) in [5, 5.41) is 15.7. The lowest BCUT2D eigenvalue weighted by atomic mass is 10.0. The minimum atomic E-state index is -0.561. The largest absolute Gasteiger partial charge is 0.489 e. The molecule has 0 saturated heterocycles. The zero-order valence-electron chi connectivity index (χ0n) is 17.2. The van der Waals surface area contributed by atoms with Crippen molar-refractivity contribution in [3.8, 4) is 5.75 Å². The summed E-state index contributed by atoms with van der Waals surface area (Å²) >= 11 is 5.94. The van der Waals surface area contributed by atoms with Crippen molar-refractivity contribution >= 4 is 34.9 Å². The molecule has 1 aromatic heterocycles. The molecule has 4 rings (SSSR count). The third kappa shape index (κ3) is 5.41. The molecule has 0 spiro atoms. The normalized spacial score (nSPS) is 12.9. The lowest BCUT2D eigenvalue weighted by Crippen LogP contribution is -2.33. The van der Waals surface area contributed by atoms with Crippen LogP contribution in [0.25, 0.3) is 10.9 Å². The first-order valence-corrected chi connectivity index (χ1v) is 10.4. The number of nitrogens with one attached hydrogen (secondary N) is 1. The summed E-state index contributed by atoms with van der Waals surface area (Å²) in [6.07, 6.45) is 1.47. The van der Waals surface area contributed by atoms with Gasteiger partial charge >= 0.3 is 0 Å². The van der Waals surface area contributed by atoms with Crippen LogP contribution in [0.1, 0.15) is 17.2 Å². The van der Waals surface area contributed by atoms with E-state index in [0.29, 0.717) is 13.2 Å². The van der Waals surface area contributed by atoms with Gasteiger partial charge in [-0.1, -0.05) is 54.1 Å². The Labute approximate surface area is 193 Å². The van der Waals surface area contributed by atoms with Crippen LogP contribution in [-0.2, 0) is 6.61 Å². The van der Waals surface area contributed by atoms with Crippen LogP contribution in [0.5, 0.6) is 5.75 Å². The second-order valence-electron chi connectivity index (χ2n) is 7.34. The molecule has 6 heteroatoms. The van der Waals surface area contributed by atoms with Crippen molar-refractivity contribution in [3.63, 3.8) is 0 Å². The molecular weight excluding hydrogens is 431 g/mol. The van der Waals surface area contributed by atoms with E-state index in [4.69, 9.17) is 16.3 Å². The fourth-order valence-electron chi connectivity index (χ4n) is 3.76. The molecule has 0 unspecified atom stereocenters. The molecule has 162 valence electrons. The van der Waals surface area contributed by atoms with Crippen LogP contribution in [-0.4, -0.2) is 29.4 Å². The van der Waals surface area contributed by atoms with E-state index in [2.05, 4.69) is 34.1 Å². The van der Waals surface area contributed by atoms with Gasteiger partial charge in [0.2, 0.25) is 0 Å². The van der Waals surface area contributed by atoms with Crippen LogP contribution >= 0.6 is 24.0 Å². The van der Waals surface area contributed by atoms with Gasteiger partial charge in [0.15, 0.2) is 0 Å². The molecule has 1 heterocycles. The van der Waals surface area contributed by atoms with E-state index in [-0.39, 0.29) is 18.4 Å². The number of hydrogen-bond donors (Lipinski definition) is 2. The van der Waals surface area contributed by atoms with Crippen molar-refractivity contribution < 1.29 is 9.84 Å². The zero-order valence-corrected chi connectivity index (χ0v) is 18.8. The van der Waals surface area contributed by atoms with Gasteiger partial charge in [0, 0.05) is 28.7 Å². The van der Waals surface area contributed by atoms with Crippen LogP contribution in [0.4, 0.5) is 0 Å². The van der Waals surface area contributed by atoms with Crippen molar-refractivity contribution in [2.45, 2.75) is 18.8 Å². The predicted molar refractivity (Wildman–Crippen MR) is 129 cm³/mol. The number of aliphatic hydroxyl groups excluding tert-OH is 1. The molecule has 0 amide bonds. The molecule has 0 aliphatic carbocycles. The van der Waals surface area contributed by atoms with E-state index >= 15 is 0 Å². The van der Waals surface area contributed by atoms with Gasteiger partial charge in [-0.05, 0) is 54.6 Å². The maximum atomic E-state index is 10.9. The molecule has 2 N–H and O–H groups in total. The molecule has 0 aliphatic heterocycles. The van der Waals surface area contributed by atoms with E-state index < -0.39 is 6.10 Å². The topological polar surface area (TPSA) is 46.4 Å². The molecule has 0 saturated carbocycles. The fourth-order valence-corrected chi connectivity index (χ4v) is 3.89. The minimum absolute atomic E-state index is 0. The summed E-state index contributed by atoms with van der Waals surface area (Å²) in [5.41, 5.74) is 3.19. The van der Waals surface area contributed by atoms with Crippen LogP contribution in [0.2, 0.25) is 5.02 Å². The average Bonchev–Trinajstić information content (AvgIpc) is 3.17. The van der Waals surface area contributed by atoms with Crippen LogP contribution in [0.15, 0.2) is 85.1 Å². The number of aliphatic hydroxyl groups is 1. The summed E-state index contributed by atoms with van der Waals surface area (Å²) in [7, 11) is 1.85. The van der Waals surface area contributed by atoms with Gasteiger partial charge in [-0.25, -0.2) is 0 Å². The second-order valence-corrected chi connectivity index (χ2v) is 7.78. The molecule has 0 fully saturated rings. The van der Waals surface area contributed by atoms with E-state index in [1.807, 2.05) is 67.8 Å². The molecule has 4 aromatic rings. The standard InChI is InChI=1S/C25H25ClN2O2.ClH/c1-27-16-24(29)25(19-5-3-2-4-6-19)28-14-13-20-15-22(11-12-23(20)28)30-17-18-7-9-21(26)10-8-18;/h2-15,24-25,27,29H,16-17H2,1H3;1H/t24-,25+;/m1./s1. The number of halogens is 2. The Morgan fingerprint density at radius 3 is 2.45 bits per heavy atom. The van der Waals surface area contributed by atoms with E-state index in [1.54, 1.807) is 0 Å². The fraction of sp³-hybridized carbons (Fsp3) is 0.200. The highest BCUT2D eigenvalue weighted by Gasteiger charge is 2.23. The first kappa shape index (κ1) is 23.2. The van der Waals surface area contributed by atoms with Gasteiger partial charge in [0.25, 0.3) is 0 Å². The van der Waals surface area contributed by atoms with Crippen molar-refractivity contribution in [3.05, 3.63) is 101 Å². The molecule has 2 atom stereocenters. The molecule has 3 aromatic carbocycles. The van der Waals surface area contributed by atoms with Crippen LogP contribution < -0.4 is 10.1 Å². The third-order valence-corrected chi connectivity index (χ3v) is 5.48. The van der Waals surface area contributed by atoms with Gasteiger partial charge in [-0.2, -0.15) is 0 Å². The van der Waals surface area contributed by atoms with Crippen molar-refractivity contribution in [2.75, 3.05) is 13.6 Å². The van der Waals surface area contributed by atoms with Gasteiger partial charge in [0.05, 0.1) is 12.1 Å². The van der Waals surface area contributed by atoms with Gasteiger partial charge in [-0.15, -0.1) is 12.4 Å². The summed E-state index contributed by atoms with van der Waals surface area (Å²) in [6.45, 7) is 0.985. The van der Waals surface area contributed by atoms with E-state index in [0.717, 1.165) is 32.8 Å². The van der Waals surface area contributed by atoms with Gasteiger partial charge < -0.3 is 19.7 Å². The highest BCUT2D eigenvalue weighted by Crippen LogP contribution is 2.30. The average molecular weight is 457 g/mol. The maximum Gasteiger partial charge on any atom is 0.120 e. The Morgan fingerprint density at radius 2 is 1.74 bits per heavy atom. The Morgan fingerprint density at radius 1 is 1.00 bits per heavy atom. The summed E-state index contributed by atoms with van der Waals surface area (Å²) in [6, 6.07) is 25.7. The first-order chi connectivity index (χ1) is 14.7. The number of hydrogen-bond acceptors (Lipinski definition) is 3. The number of fused-ring (bicyclic) bond motifs is 1. The minimum Gasteiger partial charge on any atom is -0.489 e. The lowest BCUT2D eigenvalue weighted by molar-refractivity contribution is 0.132. The monoisotopic (exact) mass is 456 g/mol. The zero-order chi connectivity index (χ0) is 20.9. The van der Waals surface area contributed by atoms with Crippen molar-refractivity contribution in [1.82, 2.24) is 9.88 Å². The number of ether oxygens (including phenoxy) is 1. The van der Waals surface area contributed by atoms with Gasteiger partial charge in [-0.3, -0.25) is 0 Å². The van der Waals surface area contributed by atoms with Crippen molar-refractivity contribution in [2.24, 2.45) is 0 Å². The highest BCUT2D eigenvalue weighted by molar-refractivity contribution is 6.30. The molecule has 31 heavy (non-hydrogen) atoms.